The van der Waals surface area contributed by atoms with E-state index < -0.39 is 59.1 Å². The van der Waals surface area contributed by atoms with Crippen molar-refractivity contribution in [2.75, 3.05) is 6.54 Å². The molecule has 5 atom stereocenters. The van der Waals surface area contributed by atoms with Gasteiger partial charge in [0.25, 0.3) is 0 Å². The third-order valence-electron chi connectivity index (χ3n) is 6.87. The van der Waals surface area contributed by atoms with Crippen molar-refractivity contribution in [1.82, 2.24) is 4.90 Å². The Bertz CT molecular complexity index is 1090. The molecule has 2 aromatic rings. The van der Waals surface area contributed by atoms with Crippen LogP contribution in [0.4, 0.5) is 30.7 Å². The number of carbonyl (C=O) groups is 1. The molecule has 2 saturated heterocycles. The molecule has 0 radical (unpaired) electrons. The van der Waals surface area contributed by atoms with Crippen LogP contribution >= 0.6 is 11.6 Å². The number of nitrogens with zero attached hydrogens (tertiary/aromatic N) is 1. The number of rotatable bonds is 3. The molecule has 0 spiro atoms. The fourth-order valence-electron chi connectivity index (χ4n) is 5.26. The molecule has 2 aromatic carbocycles. The largest absolute Gasteiger partial charge is 0.416 e. The summed E-state index contributed by atoms with van der Waals surface area (Å²) in [6, 6.07) is 3.99. The molecule has 184 valence electrons. The average molecular weight is 509 g/mol. The lowest BCUT2D eigenvalue weighted by Crippen LogP contribution is -2.39. The van der Waals surface area contributed by atoms with E-state index in [1.54, 1.807) is 0 Å². The number of hydrogen-bond acceptors (Lipinski definition) is 2. The van der Waals surface area contributed by atoms with E-state index in [1.807, 2.05) is 0 Å². The number of halogens is 8. The smallest absolute Gasteiger partial charge is 0.337 e. The van der Waals surface area contributed by atoms with Crippen LogP contribution in [0.2, 0.25) is 5.02 Å². The van der Waals surface area contributed by atoms with Gasteiger partial charge in [0.1, 0.15) is 5.82 Å². The Balaban J connectivity index is 1.83. The second-order valence-corrected chi connectivity index (χ2v) is 9.30. The molecule has 2 N–H and O–H groups in total. The van der Waals surface area contributed by atoms with Gasteiger partial charge in [0, 0.05) is 29.9 Å². The van der Waals surface area contributed by atoms with E-state index in [1.165, 1.54) is 24.0 Å². The maximum absolute atomic E-state index is 13.7. The zero-order valence-electron chi connectivity index (χ0n) is 17.7. The summed E-state index contributed by atoms with van der Waals surface area (Å²) < 4.78 is 94.1. The monoisotopic (exact) mass is 508 g/mol. The third kappa shape index (κ3) is 4.37. The van der Waals surface area contributed by atoms with Crippen molar-refractivity contribution in [1.29, 1.82) is 0 Å². The number of fused-ring (bicyclic) bond motifs is 1. The average Bonchev–Trinajstić information content (AvgIpc) is 3.24. The van der Waals surface area contributed by atoms with Crippen LogP contribution in [0.3, 0.4) is 0 Å². The van der Waals surface area contributed by atoms with Crippen molar-refractivity contribution in [3.63, 3.8) is 0 Å². The Morgan fingerprint density at radius 1 is 1.03 bits per heavy atom. The van der Waals surface area contributed by atoms with Gasteiger partial charge in [0.05, 0.1) is 17.2 Å². The summed E-state index contributed by atoms with van der Waals surface area (Å²) in [6.45, 7) is 1.59. The van der Waals surface area contributed by atoms with Gasteiger partial charge >= 0.3 is 12.4 Å². The minimum Gasteiger partial charge on any atom is -0.337 e. The molecule has 1 amide bonds. The highest BCUT2D eigenvalue weighted by Crippen LogP contribution is 2.51. The molecular weight excluding hydrogens is 489 g/mol. The van der Waals surface area contributed by atoms with Crippen LogP contribution in [-0.2, 0) is 17.1 Å². The van der Waals surface area contributed by atoms with E-state index >= 15 is 0 Å². The van der Waals surface area contributed by atoms with Crippen molar-refractivity contribution in [3.8, 4) is 0 Å². The lowest BCUT2D eigenvalue weighted by atomic mass is 9.73. The van der Waals surface area contributed by atoms with Crippen LogP contribution in [0.25, 0.3) is 0 Å². The highest BCUT2D eigenvalue weighted by atomic mass is 35.5. The van der Waals surface area contributed by atoms with E-state index in [0.29, 0.717) is 17.7 Å². The van der Waals surface area contributed by atoms with Crippen LogP contribution in [0.5, 0.6) is 0 Å². The molecule has 2 heterocycles. The molecule has 2 aliphatic heterocycles. The first-order chi connectivity index (χ1) is 15.7. The van der Waals surface area contributed by atoms with E-state index in [4.69, 9.17) is 17.3 Å². The van der Waals surface area contributed by atoms with Gasteiger partial charge in [-0.3, -0.25) is 4.79 Å². The first kappa shape index (κ1) is 24.8. The Morgan fingerprint density at radius 3 is 2.15 bits per heavy atom. The van der Waals surface area contributed by atoms with Gasteiger partial charge in [0.2, 0.25) is 5.91 Å². The standard InChI is InChI=1S/C23H20ClF7N2O/c1-10(11-4-12(22(26,27)28)6-13(5-11)23(29,30)31)16-9-33-19(34)8-18(32)21(33)20(16)15-3-2-14(25)7-17(15)24/h2-7,10,16,18,20-21H,8-9,32H2,1H3/t10-,16-,18?,20-,21+/m1/s1. The molecule has 2 aliphatic rings. The molecule has 1 unspecified atom stereocenters. The zero-order valence-corrected chi connectivity index (χ0v) is 18.5. The lowest BCUT2D eigenvalue weighted by molar-refractivity contribution is -0.143. The third-order valence-corrected chi connectivity index (χ3v) is 7.19. The van der Waals surface area contributed by atoms with Crippen molar-refractivity contribution in [2.45, 2.75) is 49.6 Å². The van der Waals surface area contributed by atoms with Gasteiger partial charge in [-0.1, -0.05) is 24.6 Å². The molecule has 11 heteroatoms. The molecule has 2 fully saturated rings. The van der Waals surface area contributed by atoms with Crippen molar-refractivity contribution >= 4 is 17.5 Å². The van der Waals surface area contributed by atoms with Crippen LogP contribution in [-0.4, -0.2) is 29.4 Å². The maximum Gasteiger partial charge on any atom is 0.416 e. The molecule has 3 nitrogen and oxygen atoms in total. The Hall–Kier alpha value is -2.33. The first-order valence-corrected chi connectivity index (χ1v) is 10.9. The SMILES string of the molecule is C[C@H](c1cc(C(F)(F)F)cc(C(F)(F)F)c1)[C@H]1CN2C(=O)CC(N)[C@H]2[C@@H]1c1ccc(F)cc1Cl. The summed E-state index contributed by atoms with van der Waals surface area (Å²) >= 11 is 6.29. The molecule has 0 saturated carbocycles. The normalized spacial score (nSPS) is 26.2. The summed E-state index contributed by atoms with van der Waals surface area (Å²) in [5.74, 6) is -2.90. The molecule has 0 bridgehead atoms. The number of amides is 1. The van der Waals surface area contributed by atoms with E-state index in [9.17, 15) is 35.5 Å². The second-order valence-electron chi connectivity index (χ2n) is 8.89. The Morgan fingerprint density at radius 2 is 1.62 bits per heavy atom. The minimum absolute atomic E-state index is 0.0515. The fraction of sp³-hybridized carbons (Fsp3) is 0.435. The summed E-state index contributed by atoms with van der Waals surface area (Å²) in [5.41, 5.74) is 3.66. The van der Waals surface area contributed by atoms with Crippen LogP contribution in [0, 0.1) is 11.7 Å². The lowest BCUT2D eigenvalue weighted by Gasteiger charge is -2.31. The Kier molecular flexibility index (Phi) is 6.13. The van der Waals surface area contributed by atoms with E-state index in [0.717, 1.165) is 6.07 Å². The number of benzene rings is 2. The second kappa shape index (κ2) is 8.41. The highest BCUT2D eigenvalue weighted by molar-refractivity contribution is 6.31. The summed E-state index contributed by atoms with van der Waals surface area (Å²) in [6.07, 6.45) is -9.91. The topological polar surface area (TPSA) is 46.3 Å². The number of hydrogen-bond donors (Lipinski definition) is 1. The number of carbonyl (C=O) groups excluding carboxylic acids is 1. The molecule has 34 heavy (non-hydrogen) atoms. The molecule has 4 rings (SSSR count). The summed E-state index contributed by atoms with van der Waals surface area (Å²) in [7, 11) is 0. The highest BCUT2D eigenvalue weighted by Gasteiger charge is 2.53. The van der Waals surface area contributed by atoms with E-state index in [-0.39, 0.29) is 35.5 Å². The van der Waals surface area contributed by atoms with Gasteiger partial charge in [0.15, 0.2) is 0 Å². The fourth-order valence-corrected chi connectivity index (χ4v) is 5.55. The summed E-state index contributed by atoms with van der Waals surface area (Å²) in [5, 5.41) is 0.0515. The van der Waals surface area contributed by atoms with Crippen molar-refractivity contribution in [3.05, 3.63) is 69.5 Å². The van der Waals surface area contributed by atoms with Gasteiger partial charge in [-0.25, -0.2) is 4.39 Å². The minimum atomic E-state index is -4.98. The summed E-state index contributed by atoms with van der Waals surface area (Å²) in [4.78, 5) is 14.0. The van der Waals surface area contributed by atoms with Crippen LogP contribution < -0.4 is 5.73 Å². The van der Waals surface area contributed by atoms with Gasteiger partial charge in [-0.15, -0.1) is 0 Å². The maximum atomic E-state index is 13.7. The predicted octanol–water partition coefficient (Wildman–Crippen LogP) is 5.96. The van der Waals surface area contributed by atoms with Crippen LogP contribution in [0.1, 0.15) is 47.4 Å². The number of alkyl halides is 6. The predicted molar refractivity (Wildman–Crippen MR) is 111 cm³/mol. The zero-order chi connectivity index (χ0) is 25.2. The van der Waals surface area contributed by atoms with E-state index in [2.05, 4.69) is 0 Å². The molecule has 0 aliphatic carbocycles. The van der Waals surface area contributed by atoms with Crippen LogP contribution in [0.15, 0.2) is 36.4 Å². The van der Waals surface area contributed by atoms with Gasteiger partial charge in [-0.2, -0.15) is 26.3 Å². The quantitative estimate of drug-likeness (QED) is 0.520. The van der Waals surface area contributed by atoms with Crippen molar-refractivity contribution in [2.24, 2.45) is 11.7 Å². The molecule has 0 aromatic heterocycles. The van der Waals surface area contributed by atoms with Gasteiger partial charge < -0.3 is 10.6 Å². The Labute approximate surface area is 195 Å². The van der Waals surface area contributed by atoms with Gasteiger partial charge in [-0.05, 0) is 53.3 Å². The molecular formula is C23H20ClF7N2O. The van der Waals surface area contributed by atoms with Crippen molar-refractivity contribution < 1.29 is 35.5 Å². The number of nitrogens with two attached hydrogens (primary N) is 1. The first-order valence-electron chi connectivity index (χ1n) is 10.5.